The van der Waals surface area contributed by atoms with Crippen LogP contribution in [0.5, 0.6) is 0 Å². The van der Waals surface area contributed by atoms with Crippen molar-refractivity contribution in [1.82, 2.24) is 4.31 Å². The van der Waals surface area contributed by atoms with Crippen LogP contribution in [0.4, 0.5) is 23.2 Å². The Balaban J connectivity index is 1.74. The highest BCUT2D eigenvalue weighted by molar-refractivity contribution is 7.89. The summed E-state index contributed by atoms with van der Waals surface area (Å²) < 4.78 is 78.7. The van der Waals surface area contributed by atoms with Gasteiger partial charge < -0.3 is 5.32 Å². The second kappa shape index (κ2) is 8.52. The minimum atomic E-state index is -4.90. The molecule has 1 aliphatic rings. The molecule has 0 aromatic heterocycles. The number of amides is 1. The standard InChI is InChI=1S/C19H17ClF4N2O3S/c20-13-3-6-15(7-4-13)30(28,29)26-9-1-2-12(11-26)18(27)25-14-5-8-17(21)16(10-14)19(22,23)24/h3-8,10,12H,1-2,9,11H2,(H,25,27)/t12-/m0/s1. The largest absolute Gasteiger partial charge is 0.419 e. The van der Waals surface area contributed by atoms with Crippen LogP contribution in [-0.2, 0) is 21.0 Å². The molecule has 1 aliphatic heterocycles. The maximum atomic E-state index is 13.4. The molecule has 2 aromatic carbocycles. The van der Waals surface area contributed by atoms with Gasteiger partial charge in [0.25, 0.3) is 0 Å². The van der Waals surface area contributed by atoms with Crippen LogP contribution < -0.4 is 5.32 Å². The zero-order valence-corrected chi connectivity index (χ0v) is 17.0. The van der Waals surface area contributed by atoms with Crippen molar-refractivity contribution in [3.63, 3.8) is 0 Å². The van der Waals surface area contributed by atoms with Crippen molar-refractivity contribution in [2.45, 2.75) is 23.9 Å². The number of sulfonamides is 1. The first-order chi connectivity index (χ1) is 14.0. The lowest BCUT2D eigenvalue weighted by molar-refractivity contribution is -0.140. The average Bonchev–Trinajstić information content (AvgIpc) is 2.69. The minimum absolute atomic E-state index is 0.0290. The molecule has 1 amide bonds. The molecule has 2 aromatic rings. The Bertz CT molecular complexity index is 1040. The van der Waals surface area contributed by atoms with Gasteiger partial charge in [-0.05, 0) is 55.3 Å². The molecule has 30 heavy (non-hydrogen) atoms. The summed E-state index contributed by atoms with van der Waals surface area (Å²) in [4.78, 5) is 12.6. The molecule has 1 N–H and O–H groups in total. The molecule has 0 radical (unpaired) electrons. The number of nitrogens with one attached hydrogen (secondary N) is 1. The van der Waals surface area contributed by atoms with Crippen molar-refractivity contribution in [2.24, 2.45) is 5.92 Å². The lowest BCUT2D eigenvalue weighted by Crippen LogP contribution is -2.43. The molecule has 1 heterocycles. The molecular formula is C19H17ClF4N2O3S. The van der Waals surface area contributed by atoms with Crippen LogP contribution in [0.15, 0.2) is 47.4 Å². The Morgan fingerprint density at radius 2 is 1.80 bits per heavy atom. The van der Waals surface area contributed by atoms with E-state index in [0.29, 0.717) is 30.0 Å². The summed E-state index contributed by atoms with van der Waals surface area (Å²) >= 11 is 5.78. The van der Waals surface area contributed by atoms with E-state index in [1.807, 2.05) is 0 Å². The summed E-state index contributed by atoms with van der Waals surface area (Å²) in [5, 5.41) is 2.70. The molecule has 1 atom stereocenters. The molecular weight excluding hydrogens is 448 g/mol. The molecule has 162 valence electrons. The van der Waals surface area contributed by atoms with E-state index in [1.54, 1.807) is 0 Å². The number of hydrogen-bond donors (Lipinski definition) is 1. The van der Waals surface area contributed by atoms with Crippen LogP contribution in [-0.4, -0.2) is 31.7 Å². The predicted octanol–water partition coefficient (Wildman–Crippen LogP) is 4.54. The van der Waals surface area contributed by atoms with Crippen molar-refractivity contribution >= 4 is 33.2 Å². The van der Waals surface area contributed by atoms with Crippen molar-refractivity contribution in [3.05, 3.63) is 58.9 Å². The molecule has 0 unspecified atom stereocenters. The van der Waals surface area contributed by atoms with Gasteiger partial charge in [0.2, 0.25) is 15.9 Å². The number of benzene rings is 2. The monoisotopic (exact) mass is 464 g/mol. The van der Waals surface area contributed by atoms with Crippen LogP contribution in [0, 0.1) is 11.7 Å². The van der Waals surface area contributed by atoms with Crippen molar-refractivity contribution in [3.8, 4) is 0 Å². The van der Waals surface area contributed by atoms with Gasteiger partial charge in [-0.2, -0.15) is 17.5 Å². The van der Waals surface area contributed by atoms with Gasteiger partial charge in [-0.1, -0.05) is 11.6 Å². The van der Waals surface area contributed by atoms with Gasteiger partial charge in [0.1, 0.15) is 5.82 Å². The summed E-state index contributed by atoms with van der Waals surface area (Å²) in [6.45, 7) is 0.0909. The van der Waals surface area contributed by atoms with E-state index < -0.39 is 39.4 Å². The van der Waals surface area contributed by atoms with Crippen LogP contribution in [0.25, 0.3) is 0 Å². The zero-order chi connectivity index (χ0) is 22.1. The number of piperidine rings is 1. The minimum Gasteiger partial charge on any atom is -0.326 e. The van der Waals surface area contributed by atoms with Crippen LogP contribution in [0.2, 0.25) is 5.02 Å². The number of carbonyl (C=O) groups is 1. The normalized spacial score (nSPS) is 18.2. The fourth-order valence-electron chi connectivity index (χ4n) is 3.19. The second-order valence-electron chi connectivity index (χ2n) is 6.84. The summed E-state index contributed by atoms with van der Waals surface area (Å²) in [7, 11) is -3.85. The summed E-state index contributed by atoms with van der Waals surface area (Å²) in [6, 6.07) is 7.75. The van der Waals surface area contributed by atoms with Crippen molar-refractivity contribution < 1.29 is 30.8 Å². The first-order valence-corrected chi connectivity index (χ1v) is 10.7. The quantitative estimate of drug-likeness (QED) is 0.676. The summed E-state index contributed by atoms with van der Waals surface area (Å²) in [5.41, 5.74) is -1.71. The number of carbonyl (C=O) groups excluding carboxylic acids is 1. The molecule has 3 rings (SSSR count). The van der Waals surface area contributed by atoms with E-state index in [9.17, 15) is 30.8 Å². The van der Waals surface area contributed by atoms with E-state index in [4.69, 9.17) is 11.6 Å². The number of halogens is 5. The van der Waals surface area contributed by atoms with Gasteiger partial charge >= 0.3 is 6.18 Å². The third-order valence-electron chi connectivity index (χ3n) is 4.75. The van der Waals surface area contributed by atoms with Gasteiger partial charge in [-0.3, -0.25) is 4.79 Å². The van der Waals surface area contributed by atoms with Crippen molar-refractivity contribution in [1.29, 1.82) is 0 Å². The Hall–Kier alpha value is -2.17. The molecule has 1 saturated heterocycles. The van der Waals surface area contributed by atoms with Gasteiger partial charge in [0, 0.05) is 23.8 Å². The summed E-state index contributed by atoms with van der Waals surface area (Å²) in [6.07, 6.45) is -4.13. The van der Waals surface area contributed by atoms with Gasteiger partial charge in [-0.25, -0.2) is 12.8 Å². The van der Waals surface area contributed by atoms with Crippen LogP contribution >= 0.6 is 11.6 Å². The second-order valence-corrected chi connectivity index (χ2v) is 9.21. The molecule has 0 aliphatic carbocycles. The molecule has 11 heteroatoms. The third kappa shape index (κ3) is 4.93. The lowest BCUT2D eigenvalue weighted by Gasteiger charge is -2.31. The maximum absolute atomic E-state index is 13.4. The Labute approximate surface area is 175 Å². The maximum Gasteiger partial charge on any atom is 0.419 e. The first-order valence-electron chi connectivity index (χ1n) is 8.92. The molecule has 0 saturated carbocycles. The van der Waals surface area contributed by atoms with Gasteiger partial charge in [0.05, 0.1) is 16.4 Å². The van der Waals surface area contributed by atoms with Gasteiger partial charge in [-0.15, -0.1) is 0 Å². The Morgan fingerprint density at radius 1 is 1.13 bits per heavy atom. The molecule has 5 nitrogen and oxygen atoms in total. The predicted molar refractivity (Wildman–Crippen MR) is 103 cm³/mol. The fraction of sp³-hybridized carbons (Fsp3) is 0.316. The zero-order valence-electron chi connectivity index (χ0n) is 15.4. The highest BCUT2D eigenvalue weighted by Gasteiger charge is 2.36. The van der Waals surface area contributed by atoms with Crippen LogP contribution in [0.1, 0.15) is 18.4 Å². The number of nitrogens with zero attached hydrogens (tertiary/aromatic N) is 1. The highest BCUT2D eigenvalue weighted by atomic mass is 35.5. The van der Waals surface area contributed by atoms with E-state index in [0.717, 1.165) is 10.4 Å². The highest BCUT2D eigenvalue weighted by Crippen LogP contribution is 2.33. The fourth-order valence-corrected chi connectivity index (χ4v) is 4.84. The average molecular weight is 465 g/mol. The van der Waals surface area contributed by atoms with Gasteiger partial charge in [0.15, 0.2) is 0 Å². The molecule has 1 fully saturated rings. The molecule has 0 bridgehead atoms. The summed E-state index contributed by atoms with van der Waals surface area (Å²) in [5.74, 6) is -2.84. The third-order valence-corrected chi connectivity index (χ3v) is 6.88. The first kappa shape index (κ1) is 22.5. The van der Waals surface area contributed by atoms with Crippen LogP contribution in [0.3, 0.4) is 0 Å². The smallest absolute Gasteiger partial charge is 0.326 e. The number of alkyl halides is 3. The van der Waals surface area contributed by atoms with E-state index in [1.165, 1.54) is 24.3 Å². The SMILES string of the molecule is O=C(Nc1ccc(F)c(C(F)(F)F)c1)[C@H]1CCCN(S(=O)(=O)c2ccc(Cl)cc2)C1. The number of rotatable bonds is 4. The van der Waals surface area contributed by atoms with Crippen molar-refractivity contribution in [2.75, 3.05) is 18.4 Å². The molecule has 0 spiro atoms. The lowest BCUT2D eigenvalue weighted by atomic mass is 9.98. The Morgan fingerprint density at radius 3 is 2.43 bits per heavy atom. The van der Waals surface area contributed by atoms with E-state index >= 15 is 0 Å². The number of anilines is 1. The number of hydrogen-bond acceptors (Lipinski definition) is 3. The Kier molecular flexibility index (Phi) is 6.40. The van der Waals surface area contributed by atoms with E-state index in [-0.39, 0.29) is 23.7 Å². The topological polar surface area (TPSA) is 66.5 Å². The van der Waals surface area contributed by atoms with E-state index in [2.05, 4.69) is 5.32 Å².